The van der Waals surface area contributed by atoms with Gasteiger partial charge in [-0.25, -0.2) is 4.98 Å². The van der Waals surface area contributed by atoms with Crippen LogP contribution in [-0.2, 0) is 6.54 Å². The first-order valence-electron chi connectivity index (χ1n) is 5.67. The van der Waals surface area contributed by atoms with Crippen LogP contribution in [0, 0.1) is 5.92 Å². The fraction of sp³-hybridized carbons (Fsp3) is 0.727. The lowest BCUT2D eigenvalue weighted by Crippen LogP contribution is -2.39. The number of nitrogens with one attached hydrogen (secondary N) is 2. The molecule has 0 spiro atoms. The summed E-state index contributed by atoms with van der Waals surface area (Å²) in [5.74, 6) is 0.834. The van der Waals surface area contributed by atoms with Gasteiger partial charge in [-0.3, -0.25) is 0 Å². The maximum Gasteiger partial charge on any atom is 0.106 e. The van der Waals surface area contributed by atoms with E-state index in [0.717, 1.165) is 19.0 Å². The van der Waals surface area contributed by atoms with Crippen LogP contribution in [0.4, 0.5) is 0 Å². The first kappa shape index (κ1) is 11.0. The molecule has 1 aromatic heterocycles. The zero-order chi connectivity index (χ0) is 10.5. The van der Waals surface area contributed by atoms with Crippen molar-refractivity contribution < 1.29 is 0 Å². The highest BCUT2D eigenvalue weighted by atomic mass is 32.1. The molecule has 2 atom stereocenters. The topological polar surface area (TPSA) is 37.0 Å². The molecule has 1 aromatic rings. The third kappa shape index (κ3) is 3.55. The zero-order valence-electron chi connectivity index (χ0n) is 9.20. The van der Waals surface area contributed by atoms with Crippen LogP contribution in [0.15, 0.2) is 11.6 Å². The molecule has 1 aliphatic heterocycles. The summed E-state index contributed by atoms with van der Waals surface area (Å²) in [5, 5.41) is 10.2. The van der Waals surface area contributed by atoms with Crippen LogP contribution < -0.4 is 10.6 Å². The minimum Gasteiger partial charge on any atom is -0.314 e. The van der Waals surface area contributed by atoms with Crippen molar-refractivity contribution in [2.75, 3.05) is 13.1 Å². The Hall–Kier alpha value is -0.450. The monoisotopic (exact) mass is 225 g/mol. The molecular weight excluding hydrogens is 206 g/mol. The summed E-state index contributed by atoms with van der Waals surface area (Å²) in [4.78, 5) is 4.26. The Morgan fingerprint density at radius 1 is 1.67 bits per heavy atom. The van der Waals surface area contributed by atoms with Crippen LogP contribution in [0.2, 0.25) is 0 Å². The molecule has 2 rings (SSSR count). The van der Waals surface area contributed by atoms with Crippen LogP contribution in [0.5, 0.6) is 0 Å². The van der Waals surface area contributed by atoms with Crippen LogP contribution in [0.25, 0.3) is 0 Å². The van der Waals surface area contributed by atoms with Crippen molar-refractivity contribution in [1.29, 1.82) is 0 Å². The fourth-order valence-corrected chi connectivity index (χ4v) is 2.73. The van der Waals surface area contributed by atoms with E-state index in [1.54, 1.807) is 11.3 Å². The smallest absolute Gasteiger partial charge is 0.106 e. The lowest BCUT2D eigenvalue weighted by Gasteiger charge is -2.28. The highest BCUT2D eigenvalue weighted by molar-refractivity contribution is 7.09. The van der Waals surface area contributed by atoms with E-state index in [1.165, 1.54) is 24.4 Å². The minimum atomic E-state index is 0.686. The molecule has 0 aromatic carbocycles. The van der Waals surface area contributed by atoms with Crippen molar-refractivity contribution >= 4 is 11.3 Å². The Morgan fingerprint density at radius 2 is 2.60 bits per heavy atom. The highest BCUT2D eigenvalue weighted by Crippen LogP contribution is 2.15. The normalized spacial score (nSPS) is 26.7. The summed E-state index contributed by atoms with van der Waals surface area (Å²) >= 11 is 1.72. The van der Waals surface area contributed by atoms with Crippen molar-refractivity contribution in [3.8, 4) is 0 Å². The van der Waals surface area contributed by atoms with E-state index < -0.39 is 0 Å². The molecule has 2 heterocycles. The second-order valence-corrected chi connectivity index (χ2v) is 5.28. The first-order valence-corrected chi connectivity index (χ1v) is 6.55. The summed E-state index contributed by atoms with van der Waals surface area (Å²) in [7, 11) is 0. The summed E-state index contributed by atoms with van der Waals surface area (Å²) < 4.78 is 0. The van der Waals surface area contributed by atoms with E-state index in [2.05, 4.69) is 22.5 Å². The molecule has 0 radical (unpaired) electrons. The number of nitrogens with zero attached hydrogens (tertiary/aromatic N) is 1. The van der Waals surface area contributed by atoms with E-state index in [4.69, 9.17) is 0 Å². The highest BCUT2D eigenvalue weighted by Gasteiger charge is 2.17. The van der Waals surface area contributed by atoms with Gasteiger partial charge in [0.2, 0.25) is 0 Å². The zero-order valence-corrected chi connectivity index (χ0v) is 10.0. The van der Waals surface area contributed by atoms with E-state index in [0.29, 0.717) is 6.04 Å². The Kier molecular flexibility index (Phi) is 4.11. The molecule has 0 amide bonds. The molecule has 0 bridgehead atoms. The maximum absolute atomic E-state index is 4.26. The van der Waals surface area contributed by atoms with Crippen LogP contribution >= 0.6 is 11.3 Å². The van der Waals surface area contributed by atoms with Gasteiger partial charge in [-0.05, 0) is 38.8 Å². The Bertz CT molecular complexity index is 273. The molecule has 2 unspecified atom stereocenters. The quantitative estimate of drug-likeness (QED) is 0.817. The van der Waals surface area contributed by atoms with Crippen molar-refractivity contribution in [3.63, 3.8) is 0 Å². The average molecular weight is 225 g/mol. The van der Waals surface area contributed by atoms with Gasteiger partial charge in [0, 0.05) is 24.2 Å². The third-order valence-electron chi connectivity index (χ3n) is 2.92. The Labute approximate surface area is 95.3 Å². The van der Waals surface area contributed by atoms with E-state index >= 15 is 0 Å². The molecular formula is C11H19N3S. The second-order valence-electron chi connectivity index (χ2n) is 4.30. The first-order chi connectivity index (χ1) is 7.34. The van der Waals surface area contributed by atoms with Crippen LogP contribution in [-0.4, -0.2) is 24.1 Å². The average Bonchev–Trinajstić information content (AvgIpc) is 2.71. The van der Waals surface area contributed by atoms with Gasteiger partial charge in [-0.1, -0.05) is 0 Å². The van der Waals surface area contributed by atoms with Crippen LogP contribution in [0.1, 0.15) is 24.8 Å². The molecule has 84 valence electrons. The second kappa shape index (κ2) is 5.58. The Morgan fingerprint density at radius 3 is 3.33 bits per heavy atom. The largest absolute Gasteiger partial charge is 0.314 e. The molecule has 2 N–H and O–H groups in total. The van der Waals surface area contributed by atoms with Crippen molar-refractivity contribution in [3.05, 3.63) is 16.6 Å². The van der Waals surface area contributed by atoms with Gasteiger partial charge in [0.25, 0.3) is 0 Å². The predicted molar refractivity (Wildman–Crippen MR) is 64.0 cm³/mol. The molecule has 4 heteroatoms. The van der Waals surface area contributed by atoms with Gasteiger partial charge in [0.15, 0.2) is 0 Å². The van der Waals surface area contributed by atoms with Gasteiger partial charge >= 0.3 is 0 Å². The Balaban J connectivity index is 1.65. The summed E-state index contributed by atoms with van der Waals surface area (Å²) in [6, 6.07) is 0.686. The molecule has 1 fully saturated rings. The molecule has 1 saturated heterocycles. The van der Waals surface area contributed by atoms with E-state index in [-0.39, 0.29) is 0 Å². The molecule has 1 aliphatic rings. The van der Waals surface area contributed by atoms with E-state index in [9.17, 15) is 0 Å². The number of thiazole rings is 1. The SMILES string of the molecule is CC1CC(CNCc2nccs2)CCN1. The third-order valence-corrected chi connectivity index (χ3v) is 3.70. The van der Waals surface area contributed by atoms with Gasteiger partial charge in [0.05, 0.1) is 0 Å². The number of aromatic nitrogens is 1. The standard InChI is InChI=1S/C11H19N3S/c1-9-6-10(2-3-13-9)7-12-8-11-14-4-5-15-11/h4-5,9-10,12-13H,2-3,6-8H2,1H3. The summed E-state index contributed by atoms with van der Waals surface area (Å²) in [6.45, 7) is 5.50. The van der Waals surface area contributed by atoms with Gasteiger partial charge in [0.1, 0.15) is 5.01 Å². The molecule has 0 aliphatic carbocycles. The molecule has 15 heavy (non-hydrogen) atoms. The number of hydrogen-bond acceptors (Lipinski definition) is 4. The molecule has 3 nitrogen and oxygen atoms in total. The lowest BCUT2D eigenvalue weighted by atomic mass is 9.93. The number of piperidine rings is 1. The predicted octanol–water partition coefficient (Wildman–Crippen LogP) is 1.62. The number of hydrogen-bond donors (Lipinski definition) is 2. The maximum atomic E-state index is 4.26. The van der Waals surface area contributed by atoms with Crippen molar-refractivity contribution in [2.24, 2.45) is 5.92 Å². The van der Waals surface area contributed by atoms with Gasteiger partial charge in [-0.15, -0.1) is 11.3 Å². The van der Waals surface area contributed by atoms with Crippen molar-refractivity contribution in [2.45, 2.75) is 32.4 Å². The minimum absolute atomic E-state index is 0.686. The van der Waals surface area contributed by atoms with E-state index in [1.807, 2.05) is 11.6 Å². The fourth-order valence-electron chi connectivity index (χ4n) is 2.14. The number of rotatable bonds is 4. The van der Waals surface area contributed by atoms with Gasteiger partial charge < -0.3 is 10.6 Å². The summed E-state index contributed by atoms with van der Waals surface area (Å²) in [6.07, 6.45) is 4.47. The van der Waals surface area contributed by atoms with Gasteiger partial charge in [-0.2, -0.15) is 0 Å². The van der Waals surface area contributed by atoms with Crippen molar-refractivity contribution in [1.82, 2.24) is 15.6 Å². The summed E-state index contributed by atoms with van der Waals surface area (Å²) in [5.41, 5.74) is 0. The lowest BCUT2D eigenvalue weighted by molar-refractivity contribution is 0.304. The van der Waals surface area contributed by atoms with Crippen LogP contribution in [0.3, 0.4) is 0 Å². The molecule has 0 saturated carbocycles.